The van der Waals surface area contributed by atoms with Gasteiger partial charge in [-0.15, -0.1) is 9.94 Å². The second-order valence-corrected chi connectivity index (χ2v) is 0.926. The summed E-state index contributed by atoms with van der Waals surface area (Å²) in [7, 11) is 0. The molecule has 0 fully saturated rings. The van der Waals surface area contributed by atoms with Gasteiger partial charge in [-0.25, -0.2) is 0 Å². The molecule has 0 spiro atoms. The van der Waals surface area contributed by atoms with Crippen molar-refractivity contribution in [3.8, 4) is 0 Å². The molecule has 1 heterocycles. The molecule has 0 aliphatic rings. The Kier molecular flexibility index (Phi) is 2.48. The van der Waals surface area contributed by atoms with Crippen molar-refractivity contribution < 1.29 is 22.3 Å². The van der Waals surface area contributed by atoms with Crippen molar-refractivity contribution in [2.75, 3.05) is 0 Å². The van der Waals surface area contributed by atoms with Crippen LogP contribution in [0.1, 0.15) is 0 Å². The summed E-state index contributed by atoms with van der Waals surface area (Å²) in [5.74, 6) is 0. The summed E-state index contributed by atoms with van der Waals surface area (Å²) in [6, 6.07) is 1.64. The summed E-state index contributed by atoms with van der Waals surface area (Å²) in [4.78, 5) is 0.750. The molecule has 0 radical (unpaired) electrons. The van der Waals surface area contributed by atoms with E-state index >= 15 is 0 Å². The maximum absolute atomic E-state index is 8.28. The zero-order chi connectivity index (χ0) is 4.41. The Bertz CT molecular complexity index is 116. The Balaban J connectivity index is 0.000000360. The van der Waals surface area contributed by atoms with E-state index in [1.54, 1.807) is 6.07 Å². The third kappa shape index (κ3) is 1.62. The van der Waals surface area contributed by atoms with E-state index in [0.717, 1.165) is 4.85 Å². The first kappa shape index (κ1) is 6.53. The van der Waals surface area contributed by atoms with Gasteiger partial charge in [0.2, 0.25) is 0 Å². The van der Waals surface area contributed by atoms with Gasteiger partial charge < -0.3 is 5.21 Å². The first-order chi connectivity index (χ1) is 2.89. The first-order valence-electron chi connectivity index (χ1n) is 1.58. The van der Waals surface area contributed by atoms with Crippen LogP contribution in [0.5, 0.6) is 0 Å². The van der Waals surface area contributed by atoms with Gasteiger partial charge in [-0.3, -0.25) is 0 Å². The van der Waals surface area contributed by atoms with Gasteiger partial charge in [0, 0.05) is 0 Å². The fourth-order valence-corrected chi connectivity index (χ4v) is 0.261. The van der Waals surface area contributed by atoms with Crippen molar-refractivity contribution in [1.82, 2.24) is 9.94 Å². The van der Waals surface area contributed by atoms with Crippen molar-refractivity contribution in [2.24, 2.45) is 0 Å². The van der Waals surface area contributed by atoms with E-state index < -0.39 is 0 Å². The predicted molar refractivity (Wildman–Crippen MR) is 19.4 cm³/mol. The van der Waals surface area contributed by atoms with Gasteiger partial charge >= 0.3 is 17.1 Å². The predicted octanol–water partition coefficient (Wildman–Crippen LogP) is 0.118. The SMILES string of the molecule is On1cccn1.[Fe+2]. The monoisotopic (exact) mass is 140 g/mol. The molecule has 0 atom stereocenters. The fraction of sp³-hybridized carbons (Fsp3) is 0. The van der Waals surface area contributed by atoms with Crippen LogP contribution >= 0.6 is 0 Å². The number of hydrogen-bond donors (Lipinski definition) is 1. The molecule has 0 aromatic carbocycles. The Hall–Kier alpha value is -0.471. The number of aromatic nitrogens is 2. The summed E-state index contributed by atoms with van der Waals surface area (Å²) in [6.07, 6.45) is 2.94. The van der Waals surface area contributed by atoms with E-state index in [2.05, 4.69) is 5.10 Å². The number of hydrogen-bond acceptors (Lipinski definition) is 2. The molecule has 1 aromatic rings. The molecule has 4 heteroatoms. The van der Waals surface area contributed by atoms with E-state index in [9.17, 15) is 0 Å². The third-order valence-corrected chi connectivity index (χ3v) is 0.490. The minimum Gasteiger partial charge on any atom is -0.412 e. The van der Waals surface area contributed by atoms with Crippen LogP contribution < -0.4 is 0 Å². The quantitative estimate of drug-likeness (QED) is 0.410. The zero-order valence-corrected chi connectivity index (χ0v) is 4.53. The molecule has 1 rings (SSSR count). The van der Waals surface area contributed by atoms with Gasteiger partial charge in [0.25, 0.3) is 0 Å². The minimum absolute atomic E-state index is 0. The summed E-state index contributed by atoms with van der Waals surface area (Å²) in [6.45, 7) is 0. The zero-order valence-electron chi connectivity index (χ0n) is 3.43. The van der Waals surface area contributed by atoms with Crippen molar-refractivity contribution in [1.29, 1.82) is 0 Å². The standard InChI is InChI=1S/C3H4N2O.Fe/c6-5-3-1-2-4-5;/h1-3,6H;/q;+2. The molecule has 1 aromatic heterocycles. The van der Waals surface area contributed by atoms with E-state index in [4.69, 9.17) is 5.21 Å². The van der Waals surface area contributed by atoms with Gasteiger partial charge in [-0.05, 0) is 6.07 Å². The second kappa shape index (κ2) is 2.66. The van der Waals surface area contributed by atoms with Crippen LogP contribution in [0, 0.1) is 0 Å². The molecule has 3 nitrogen and oxygen atoms in total. The number of nitrogens with zero attached hydrogens (tertiary/aromatic N) is 2. The average Bonchev–Trinajstić information content (AvgIpc) is 1.86. The van der Waals surface area contributed by atoms with Crippen LogP contribution in [0.4, 0.5) is 0 Å². The van der Waals surface area contributed by atoms with E-state index in [-0.39, 0.29) is 17.1 Å². The largest absolute Gasteiger partial charge is 2.00 e. The molecular formula is C3H4FeN2O+2. The molecule has 1 N–H and O–H groups in total. The molecule has 38 valence electrons. The van der Waals surface area contributed by atoms with Crippen LogP contribution in [-0.2, 0) is 17.1 Å². The van der Waals surface area contributed by atoms with Gasteiger partial charge in [0.15, 0.2) is 0 Å². The molecular weight excluding hydrogens is 136 g/mol. The smallest absolute Gasteiger partial charge is 0.412 e. The van der Waals surface area contributed by atoms with Crippen molar-refractivity contribution >= 4 is 0 Å². The molecule has 0 unspecified atom stereocenters. The van der Waals surface area contributed by atoms with Crippen LogP contribution in [0.25, 0.3) is 0 Å². The van der Waals surface area contributed by atoms with E-state index in [1.807, 2.05) is 0 Å². The van der Waals surface area contributed by atoms with E-state index in [0.29, 0.717) is 0 Å². The van der Waals surface area contributed by atoms with Crippen molar-refractivity contribution in [3.05, 3.63) is 18.5 Å². The molecule has 0 bridgehead atoms. The maximum Gasteiger partial charge on any atom is 2.00 e. The van der Waals surface area contributed by atoms with Crippen molar-refractivity contribution in [3.63, 3.8) is 0 Å². The first-order valence-corrected chi connectivity index (χ1v) is 1.58. The van der Waals surface area contributed by atoms with E-state index in [1.165, 1.54) is 12.4 Å². The van der Waals surface area contributed by atoms with Gasteiger partial charge in [-0.1, -0.05) is 0 Å². The molecule has 0 aliphatic heterocycles. The molecule has 0 saturated carbocycles. The summed E-state index contributed by atoms with van der Waals surface area (Å²) in [5.41, 5.74) is 0. The maximum atomic E-state index is 8.28. The van der Waals surface area contributed by atoms with Crippen molar-refractivity contribution in [2.45, 2.75) is 0 Å². The van der Waals surface area contributed by atoms with Crippen LogP contribution in [0.15, 0.2) is 18.5 Å². The van der Waals surface area contributed by atoms with Crippen LogP contribution in [0.3, 0.4) is 0 Å². The van der Waals surface area contributed by atoms with Gasteiger partial charge in [0.1, 0.15) is 0 Å². The molecule has 7 heavy (non-hydrogen) atoms. The normalized spacial score (nSPS) is 7.43. The minimum atomic E-state index is 0. The summed E-state index contributed by atoms with van der Waals surface area (Å²) < 4.78 is 0. The Morgan fingerprint density at radius 2 is 2.29 bits per heavy atom. The number of rotatable bonds is 0. The molecule has 0 aliphatic carbocycles. The van der Waals surface area contributed by atoms with Crippen LogP contribution in [-0.4, -0.2) is 15.2 Å². The Labute approximate surface area is 51.4 Å². The summed E-state index contributed by atoms with van der Waals surface area (Å²) in [5, 5.41) is 11.7. The third-order valence-electron chi connectivity index (χ3n) is 0.490. The topological polar surface area (TPSA) is 38.0 Å². The Morgan fingerprint density at radius 3 is 2.43 bits per heavy atom. The summed E-state index contributed by atoms with van der Waals surface area (Å²) >= 11 is 0. The van der Waals surface area contributed by atoms with Crippen LogP contribution in [0.2, 0.25) is 0 Å². The van der Waals surface area contributed by atoms with Gasteiger partial charge in [0.05, 0.1) is 12.4 Å². The second-order valence-electron chi connectivity index (χ2n) is 0.926. The fourth-order valence-electron chi connectivity index (χ4n) is 0.261. The van der Waals surface area contributed by atoms with Gasteiger partial charge in [-0.2, -0.15) is 0 Å². The molecule has 0 saturated heterocycles. The average molecular weight is 140 g/mol. The Morgan fingerprint density at radius 1 is 1.57 bits per heavy atom. The molecule has 0 amide bonds.